The largest absolute Gasteiger partial charge is 0.384 e. The van der Waals surface area contributed by atoms with Gasteiger partial charge in [0.2, 0.25) is 0 Å². The fourth-order valence-corrected chi connectivity index (χ4v) is 3.20. The van der Waals surface area contributed by atoms with Crippen molar-refractivity contribution in [2.45, 2.75) is 46.5 Å². The summed E-state index contributed by atoms with van der Waals surface area (Å²) in [6.07, 6.45) is 16.0. The molecule has 2 aromatic rings. The van der Waals surface area contributed by atoms with E-state index in [9.17, 15) is 4.39 Å². The number of amidine groups is 1. The summed E-state index contributed by atoms with van der Waals surface area (Å²) < 4.78 is 14.5. The van der Waals surface area contributed by atoms with Crippen molar-refractivity contribution >= 4 is 28.6 Å². The number of nitrogens with one attached hydrogen (secondary N) is 1. The Morgan fingerprint density at radius 3 is 2.85 bits per heavy atom. The van der Waals surface area contributed by atoms with Gasteiger partial charge in [-0.1, -0.05) is 45.1 Å². The van der Waals surface area contributed by atoms with Crippen LogP contribution in [0.4, 0.5) is 10.2 Å². The summed E-state index contributed by atoms with van der Waals surface area (Å²) >= 11 is 0. The third-order valence-electron chi connectivity index (χ3n) is 4.84. The van der Waals surface area contributed by atoms with Crippen LogP contribution >= 0.6 is 0 Å². The topological polar surface area (TPSA) is 76.2 Å². The van der Waals surface area contributed by atoms with Gasteiger partial charge in [0.05, 0.1) is 11.2 Å². The summed E-state index contributed by atoms with van der Waals surface area (Å²) in [5.74, 6) is 0.643. The Balaban J connectivity index is 0.00000188. The Morgan fingerprint density at radius 2 is 2.12 bits per heavy atom. The molecule has 0 saturated carbocycles. The van der Waals surface area contributed by atoms with Crippen molar-refractivity contribution in [3.8, 4) is 0 Å². The van der Waals surface area contributed by atoms with Crippen LogP contribution in [0, 0.1) is 0 Å². The molecule has 0 aliphatic carbocycles. The number of aromatic nitrogens is 2. The zero-order valence-corrected chi connectivity index (χ0v) is 19.8. The van der Waals surface area contributed by atoms with Crippen LogP contribution in [-0.4, -0.2) is 22.3 Å². The molecule has 0 atom stereocenters. The average molecular weight is 450 g/mol. The minimum atomic E-state index is -0.249. The second kappa shape index (κ2) is 13.8. The number of dihydropyridines is 1. The van der Waals surface area contributed by atoms with E-state index in [0.29, 0.717) is 23.9 Å². The number of nitrogens with two attached hydrogens (primary N) is 1. The SMILES string of the molecule is C=CCCCC1=CC(F)=C(/C=C\c2ccc3ncnc(N=C(N)/C=C\CC)c3c2)NC1.CC.[HH]. The van der Waals surface area contributed by atoms with Crippen molar-refractivity contribution in [3.63, 3.8) is 0 Å². The molecule has 6 heteroatoms. The second-order valence-corrected chi connectivity index (χ2v) is 7.25. The maximum atomic E-state index is 14.5. The first kappa shape index (κ1) is 25.7. The molecule has 0 spiro atoms. The number of unbranched alkanes of at least 4 members (excludes halogenated alkanes) is 1. The number of rotatable bonds is 9. The van der Waals surface area contributed by atoms with Crippen LogP contribution in [0.1, 0.15) is 53.4 Å². The maximum Gasteiger partial charge on any atom is 0.165 e. The number of nitrogens with zero attached hydrogens (tertiary/aromatic N) is 3. The van der Waals surface area contributed by atoms with Crippen molar-refractivity contribution in [2.24, 2.45) is 10.7 Å². The highest BCUT2D eigenvalue weighted by Crippen LogP contribution is 2.25. The molecule has 1 aliphatic rings. The number of allylic oxidation sites excluding steroid dienone is 5. The van der Waals surface area contributed by atoms with Gasteiger partial charge in [-0.25, -0.2) is 19.4 Å². The van der Waals surface area contributed by atoms with E-state index in [1.165, 1.54) is 6.33 Å². The zero-order chi connectivity index (χ0) is 24.1. The summed E-state index contributed by atoms with van der Waals surface area (Å²) in [5.41, 5.74) is 9.17. The van der Waals surface area contributed by atoms with Crippen LogP contribution in [0.5, 0.6) is 0 Å². The molecule has 1 aromatic carbocycles. The zero-order valence-electron chi connectivity index (χ0n) is 19.8. The van der Waals surface area contributed by atoms with Crippen molar-refractivity contribution < 1.29 is 5.82 Å². The second-order valence-electron chi connectivity index (χ2n) is 7.25. The normalized spacial score (nSPS) is 14.3. The summed E-state index contributed by atoms with van der Waals surface area (Å²) in [7, 11) is 0. The van der Waals surface area contributed by atoms with Gasteiger partial charge < -0.3 is 11.1 Å². The summed E-state index contributed by atoms with van der Waals surface area (Å²) in [6.45, 7) is 10.4. The lowest BCUT2D eigenvalue weighted by Gasteiger charge is -2.16. The lowest BCUT2D eigenvalue weighted by molar-refractivity contribution is 0.620. The smallest absolute Gasteiger partial charge is 0.165 e. The number of aliphatic imine (C=N–C) groups is 1. The van der Waals surface area contributed by atoms with E-state index in [4.69, 9.17) is 5.73 Å². The number of hydrogen-bond acceptors (Lipinski definition) is 4. The van der Waals surface area contributed by atoms with Gasteiger partial charge in [-0.3, -0.25) is 0 Å². The molecule has 0 saturated heterocycles. The predicted octanol–water partition coefficient (Wildman–Crippen LogP) is 6.94. The molecule has 3 N–H and O–H groups in total. The molecular weight excluding hydrogens is 413 g/mol. The quantitative estimate of drug-likeness (QED) is 0.188. The lowest BCUT2D eigenvalue weighted by Crippen LogP contribution is -2.20. The molecule has 5 nitrogen and oxygen atoms in total. The average Bonchev–Trinajstić information content (AvgIpc) is 2.84. The van der Waals surface area contributed by atoms with Gasteiger partial charge in [0.25, 0.3) is 0 Å². The van der Waals surface area contributed by atoms with Crippen LogP contribution < -0.4 is 11.1 Å². The minimum absolute atomic E-state index is 0. The van der Waals surface area contributed by atoms with E-state index in [1.807, 2.05) is 57.2 Å². The predicted molar refractivity (Wildman–Crippen MR) is 141 cm³/mol. The Hall–Kier alpha value is -3.54. The molecule has 0 fully saturated rings. The van der Waals surface area contributed by atoms with Gasteiger partial charge in [-0.05, 0) is 67.2 Å². The first-order chi connectivity index (χ1) is 16.1. The minimum Gasteiger partial charge on any atom is -0.384 e. The molecule has 0 amide bonds. The Kier molecular flexibility index (Phi) is 10.7. The van der Waals surface area contributed by atoms with E-state index in [-0.39, 0.29) is 7.25 Å². The van der Waals surface area contributed by atoms with Gasteiger partial charge in [-0.2, -0.15) is 0 Å². The van der Waals surface area contributed by atoms with Gasteiger partial charge in [0.15, 0.2) is 5.82 Å². The molecule has 176 valence electrons. The monoisotopic (exact) mass is 449 g/mol. The number of hydrogen-bond donors (Lipinski definition) is 2. The third kappa shape index (κ3) is 7.83. The van der Waals surface area contributed by atoms with E-state index < -0.39 is 0 Å². The van der Waals surface area contributed by atoms with E-state index in [2.05, 4.69) is 26.9 Å². The Bertz CT molecular complexity index is 1100. The van der Waals surface area contributed by atoms with Crippen LogP contribution in [-0.2, 0) is 0 Å². The Morgan fingerprint density at radius 1 is 1.30 bits per heavy atom. The standard InChI is InChI=1S/C25H28FN5.C2H6.H2/c1-3-5-7-8-19-15-21(26)23(28-16-19)13-11-18-10-12-22-20(14-18)25(30-17-29-22)31-24(27)9-6-4-2;1-2;/h3,6,9-15,17,28H,1,4-5,7-8,16H2,2H3,(H2,27,29,30,31);1-2H3;1H/b9-6-,13-11-;;. The third-order valence-corrected chi connectivity index (χ3v) is 4.84. The number of benzene rings is 1. The molecule has 1 aromatic heterocycles. The van der Waals surface area contributed by atoms with Gasteiger partial charge in [0, 0.05) is 13.4 Å². The van der Waals surface area contributed by atoms with Crippen LogP contribution in [0.25, 0.3) is 17.0 Å². The first-order valence-electron chi connectivity index (χ1n) is 11.5. The van der Waals surface area contributed by atoms with Crippen molar-refractivity contribution in [2.75, 3.05) is 6.54 Å². The fraction of sp³-hybridized carbons (Fsp3) is 0.296. The Labute approximate surface area is 197 Å². The van der Waals surface area contributed by atoms with Gasteiger partial charge in [-0.15, -0.1) is 6.58 Å². The summed E-state index contributed by atoms with van der Waals surface area (Å²) in [5, 5.41) is 3.95. The summed E-state index contributed by atoms with van der Waals surface area (Å²) in [6, 6.07) is 5.75. The van der Waals surface area contributed by atoms with E-state index >= 15 is 0 Å². The summed E-state index contributed by atoms with van der Waals surface area (Å²) in [4.78, 5) is 13.0. The number of fused-ring (bicyclic) bond motifs is 1. The molecule has 0 unspecified atom stereocenters. The molecule has 1 aliphatic heterocycles. The van der Waals surface area contributed by atoms with Crippen molar-refractivity contribution in [1.29, 1.82) is 0 Å². The highest BCUT2D eigenvalue weighted by molar-refractivity contribution is 5.97. The van der Waals surface area contributed by atoms with E-state index in [1.54, 1.807) is 18.2 Å². The molecular formula is C27H36FN5. The highest BCUT2D eigenvalue weighted by Gasteiger charge is 2.10. The van der Waals surface area contributed by atoms with Crippen LogP contribution in [0.2, 0.25) is 0 Å². The highest BCUT2D eigenvalue weighted by atomic mass is 19.1. The molecule has 0 radical (unpaired) electrons. The molecule has 2 heterocycles. The maximum absolute atomic E-state index is 14.5. The number of halogens is 1. The molecule has 3 rings (SSSR count). The molecule has 0 bridgehead atoms. The van der Waals surface area contributed by atoms with Crippen molar-refractivity contribution in [3.05, 3.63) is 84.1 Å². The van der Waals surface area contributed by atoms with Gasteiger partial charge in [0.1, 0.15) is 18.0 Å². The van der Waals surface area contributed by atoms with Crippen molar-refractivity contribution in [1.82, 2.24) is 15.3 Å². The van der Waals surface area contributed by atoms with Crippen LogP contribution in [0.3, 0.4) is 0 Å². The van der Waals surface area contributed by atoms with E-state index in [0.717, 1.165) is 47.7 Å². The first-order valence-corrected chi connectivity index (χ1v) is 11.5. The van der Waals surface area contributed by atoms with Gasteiger partial charge >= 0.3 is 0 Å². The fourth-order valence-electron chi connectivity index (χ4n) is 3.20. The van der Waals surface area contributed by atoms with Crippen LogP contribution in [0.15, 0.2) is 83.6 Å². The lowest BCUT2D eigenvalue weighted by atomic mass is 10.0. The molecule has 33 heavy (non-hydrogen) atoms.